The van der Waals surface area contributed by atoms with Gasteiger partial charge in [-0.1, -0.05) is 0 Å². The quantitative estimate of drug-likeness (QED) is 0.754. The van der Waals surface area contributed by atoms with E-state index in [1.807, 2.05) is 13.0 Å². The van der Waals surface area contributed by atoms with Crippen molar-refractivity contribution in [2.45, 2.75) is 32.4 Å². The Balaban J connectivity index is 2.13. The van der Waals surface area contributed by atoms with Crippen LogP contribution in [-0.2, 0) is 14.6 Å². The Morgan fingerprint density at radius 2 is 2.16 bits per heavy atom. The number of benzene rings is 1. The van der Waals surface area contributed by atoms with Gasteiger partial charge in [-0.3, -0.25) is 4.79 Å². The first-order chi connectivity index (χ1) is 11.8. The van der Waals surface area contributed by atoms with Gasteiger partial charge in [-0.15, -0.1) is 0 Å². The first-order valence-corrected chi connectivity index (χ1v) is 9.89. The second kappa shape index (κ2) is 7.74. The molecule has 1 aromatic rings. The van der Waals surface area contributed by atoms with Gasteiger partial charge in [0.15, 0.2) is 27.4 Å². The van der Waals surface area contributed by atoms with E-state index < -0.39 is 15.9 Å². The van der Waals surface area contributed by atoms with Crippen molar-refractivity contribution in [2.75, 3.05) is 25.2 Å². The zero-order valence-corrected chi connectivity index (χ0v) is 15.4. The third-order valence-electron chi connectivity index (χ3n) is 4.22. The fraction of sp³-hybridized carbons (Fsp3) is 0.529. The van der Waals surface area contributed by atoms with Gasteiger partial charge in [-0.05, 0) is 32.4 Å². The molecule has 136 valence electrons. The van der Waals surface area contributed by atoms with E-state index in [9.17, 15) is 13.2 Å². The molecule has 0 unspecified atom stereocenters. The normalized spacial score (nSPS) is 19.7. The van der Waals surface area contributed by atoms with Crippen molar-refractivity contribution in [1.29, 1.82) is 5.26 Å². The van der Waals surface area contributed by atoms with Gasteiger partial charge in [0, 0.05) is 18.7 Å². The molecule has 0 spiro atoms. The topological polar surface area (TPSA) is 96.7 Å². The molecule has 25 heavy (non-hydrogen) atoms. The van der Waals surface area contributed by atoms with E-state index >= 15 is 0 Å². The molecule has 0 aliphatic carbocycles. The Kier molecular flexibility index (Phi) is 5.90. The number of ether oxygens (including phenoxy) is 2. The van der Waals surface area contributed by atoms with Crippen LogP contribution in [0.25, 0.3) is 0 Å². The summed E-state index contributed by atoms with van der Waals surface area (Å²) in [4.78, 5) is 14.3. The molecule has 0 bridgehead atoms. The van der Waals surface area contributed by atoms with Crippen molar-refractivity contribution in [3.05, 3.63) is 23.8 Å². The summed E-state index contributed by atoms with van der Waals surface area (Å²) in [5.41, 5.74) is 0.425. The number of hydrogen-bond donors (Lipinski definition) is 0. The number of amides is 1. The summed E-state index contributed by atoms with van der Waals surface area (Å²) in [5, 5.41) is 8.93. The molecule has 1 aliphatic rings. The highest BCUT2D eigenvalue weighted by Gasteiger charge is 2.35. The maximum absolute atomic E-state index is 12.7. The molecule has 1 fully saturated rings. The number of nitrogens with zero attached hydrogens (tertiary/aromatic N) is 2. The van der Waals surface area contributed by atoms with Crippen LogP contribution >= 0.6 is 0 Å². The fourth-order valence-corrected chi connectivity index (χ4v) is 4.65. The second-order valence-electron chi connectivity index (χ2n) is 5.92. The molecule has 7 nitrogen and oxygen atoms in total. The third-order valence-corrected chi connectivity index (χ3v) is 5.97. The zero-order chi connectivity index (χ0) is 18.6. The van der Waals surface area contributed by atoms with Crippen LogP contribution in [0.3, 0.4) is 0 Å². The number of nitriles is 1. The standard InChI is InChI=1S/C17H22N2O5S/c1-4-19(14-7-8-25(21,22)11-14)17(20)12(2)24-15-6-5-13(10-18)9-16(15)23-3/h5-6,9,12,14H,4,7-8,11H2,1-3H3/t12-,14+/m0/s1. The van der Waals surface area contributed by atoms with Gasteiger partial charge in [0.2, 0.25) is 0 Å². The van der Waals surface area contributed by atoms with Crippen LogP contribution in [0.5, 0.6) is 11.5 Å². The number of hydrogen-bond acceptors (Lipinski definition) is 6. The Bertz CT molecular complexity index is 785. The fourth-order valence-electron chi connectivity index (χ4n) is 2.92. The molecule has 0 radical (unpaired) electrons. The van der Waals surface area contributed by atoms with Crippen LogP contribution < -0.4 is 9.47 Å². The number of likely N-dealkylation sites (N-methyl/N-ethyl adjacent to an activating group) is 1. The summed E-state index contributed by atoms with van der Waals surface area (Å²) in [6.45, 7) is 3.85. The molecule has 1 aromatic carbocycles. The maximum atomic E-state index is 12.7. The largest absolute Gasteiger partial charge is 0.493 e. The molecule has 1 aliphatic heterocycles. The van der Waals surface area contributed by atoms with E-state index in [0.29, 0.717) is 30.0 Å². The van der Waals surface area contributed by atoms with Gasteiger partial charge >= 0.3 is 0 Å². The molecule has 0 saturated carbocycles. The number of methoxy groups -OCH3 is 1. The highest BCUT2D eigenvalue weighted by atomic mass is 32.2. The Morgan fingerprint density at radius 3 is 2.68 bits per heavy atom. The van der Waals surface area contributed by atoms with E-state index in [0.717, 1.165) is 0 Å². The summed E-state index contributed by atoms with van der Waals surface area (Å²) < 4.78 is 34.3. The molecule has 1 heterocycles. The SMILES string of the molecule is CCN(C(=O)[C@H](C)Oc1ccc(C#N)cc1OC)[C@@H]1CCS(=O)(=O)C1. The molecule has 0 N–H and O–H groups in total. The summed E-state index contributed by atoms with van der Waals surface area (Å²) >= 11 is 0. The van der Waals surface area contributed by atoms with Crippen molar-refractivity contribution < 1.29 is 22.7 Å². The smallest absolute Gasteiger partial charge is 0.263 e. The lowest BCUT2D eigenvalue weighted by atomic mass is 10.2. The Morgan fingerprint density at radius 1 is 1.44 bits per heavy atom. The summed E-state index contributed by atoms with van der Waals surface area (Å²) in [5.74, 6) is 0.568. The first kappa shape index (κ1) is 19.1. The highest BCUT2D eigenvalue weighted by molar-refractivity contribution is 7.91. The summed E-state index contributed by atoms with van der Waals surface area (Å²) in [7, 11) is -1.62. The minimum Gasteiger partial charge on any atom is -0.493 e. The lowest BCUT2D eigenvalue weighted by Gasteiger charge is -2.29. The van der Waals surface area contributed by atoms with Gasteiger partial charge in [0.1, 0.15) is 0 Å². The monoisotopic (exact) mass is 366 g/mol. The number of carbonyl (C=O) groups is 1. The lowest BCUT2D eigenvalue weighted by molar-refractivity contribution is -0.139. The summed E-state index contributed by atoms with van der Waals surface area (Å²) in [6.07, 6.45) is -0.348. The first-order valence-electron chi connectivity index (χ1n) is 8.07. The van der Waals surface area contributed by atoms with E-state index in [2.05, 4.69) is 0 Å². The van der Waals surface area contributed by atoms with Gasteiger partial charge < -0.3 is 14.4 Å². The molecule has 8 heteroatoms. The van der Waals surface area contributed by atoms with Crippen LogP contribution in [-0.4, -0.2) is 56.5 Å². The molecule has 0 aromatic heterocycles. The van der Waals surface area contributed by atoms with E-state index in [4.69, 9.17) is 14.7 Å². The van der Waals surface area contributed by atoms with Crippen molar-refractivity contribution in [3.63, 3.8) is 0 Å². The summed E-state index contributed by atoms with van der Waals surface area (Å²) in [6, 6.07) is 6.40. The van der Waals surface area contributed by atoms with Crippen LogP contribution in [0.15, 0.2) is 18.2 Å². The number of sulfone groups is 1. The second-order valence-corrected chi connectivity index (χ2v) is 8.15. The number of rotatable bonds is 6. The minimum absolute atomic E-state index is 0.000508. The Hall–Kier alpha value is -2.27. The van der Waals surface area contributed by atoms with Gasteiger partial charge in [0.05, 0.1) is 30.2 Å². The van der Waals surface area contributed by atoms with E-state index in [-0.39, 0.29) is 23.5 Å². The average molecular weight is 366 g/mol. The van der Waals surface area contributed by atoms with Crippen molar-refractivity contribution in [3.8, 4) is 17.6 Å². The van der Waals surface area contributed by atoms with Crippen molar-refractivity contribution in [2.24, 2.45) is 0 Å². The predicted octanol–water partition coefficient (Wildman–Crippen LogP) is 1.37. The van der Waals surface area contributed by atoms with Crippen molar-refractivity contribution in [1.82, 2.24) is 4.90 Å². The Labute approximate surface area is 148 Å². The molecule has 1 amide bonds. The van der Waals surface area contributed by atoms with Gasteiger partial charge in [0.25, 0.3) is 5.91 Å². The van der Waals surface area contributed by atoms with Crippen LogP contribution in [0.4, 0.5) is 0 Å². The molecule has 2 atom stereocenters. The van der Waals surface area contributed by atoms with E-state index in [1.165, 1.54) is 13.2 Å². The van der Waals surface area contributed by atoms with Gasteiger partial charge in [-0.2, -0.15) is 5.26 Å². The zero-order valence-electron chi connectivity index (χ0n) is 14.6. The molecular weight excluding hydrogens is 344 g/mol. The van der Waals surface area contributed by atoms with Crippen molar-refractivity contribution >= 4 is 15.7 Å². The van der Waals surface area contributed by atoms with Crippen LogP contribution in [0, 0.1) is 11.3 Å². The molecule has 1 saturated heterocycles. The third kappa shape index (κ3) is 4.42. The lowest BCUT2D eigenvalue weighted by Crippen LogP contribution is -2.46. The van der Waals surface area contributed by atoms with Gasteiger partial charge in [-0.25, -0.2) is 8.42 Å². The average Bonchev–Trinajstić information content (AvgIpc) is 2.95. The predicted molar refractivity (Wildman–Crippen MR) is 92.2 cm³/mol. The molecule has 2 rings (SSSR count). The minimum atomic E-state index is -3.07. The maximum Gasteiger partial charge on any atom is 0.263 e. The van der Waals surface area contributed by atoms with Crippen LogP contribution in [0.1, 0.15) is 25.8 Å². The highest BCUT2D eigenvalue weighted by Crippen LogP contribution is 2.29. The molecular formula is C17H22N2O5S. The van der Waals surface area contributed by atoms with E-state index in [1.54, 1.807) is 24.0 Å². The van der Waals surface area contributed by atoms with Crippen LogP contribution in [0.2, 0.25) is 0 Å². The number of carbonyl (C=O) groups excluding carboxylic acids is 1.